The molecule has 0 unspecified atom stereocenters. The molecule has 0 saturated carbocycles. The van der Waals surface area contributed by atoms with E-state index in [-0.39, 0.29) is 23.7 Å². The largest absolute Gasteiger partial charge is 0.462 e. The van der Waals surface area contributed by atoms with Crippen LogP contribution in [0.15, 0.2) is 35.9 Å². The lowest BCUT2D eigenvalue weighted by Gasteiger charge is -2.08. The van der Waals surface area contributed by atoms with Gasteiger partial charge in [0, 0.05) is 5.56 Å². The molecule has 0 saturated heterocycles. The van der Waals surface area contributed by atoms with Gasteiger partial charge in [-0.2, -0.15) is 0 Å². The molecule has 4 heteroatoms. The zero-order valence-electron chi connectivity index (χ0n) is 11.3. The van der Waals surface area contributed by atoms with Crippen molar-refractivity contribution in [3.05, 3.63) is 47.3 Å². The van der Waals surface area contributed by atoms with E-state index in [0.29, 0.717) is 0 Å². The first-order valence-corrected chi connectivity index (χ1v) is 6.15. The number of halogens is 1. The Bertz CT molecular complexity index is 487. The second kappa shape index (κ2) is 6.83. The lowest BCUT2D eigenvalue weighted by molar-refractivity contribution is -0.138. The van der Waals surface area contributed by atoms with Crippen LogP contribution in [0, 0.1) is 11.7 Å². The van der Waals surface area contributed by atoms with E-state index < -0.39 is 17.6 Å². The summed E-state index contributed by atoms with van der Waals surface area (Å²) in [4.78, 5) is 24.0. The molecule has 0 heterocycles. The molecule has 3 nitrogen and oxygen atoms in total. The van der Waals surface area contributed by atoms with E-state index in [1.165, 1.54) is 24.3 Å². The Hall–Kier alpha value is -1.97. The van der Waals surface area contributed by atoms with E-state index in [4.69, 9.17) is 4.74 Å². The molecule has 0 N–H and O–H groups in total. The number of ether oxygens (including phenoxy) is 1. The minimum Gasteiger partial charge on any atom is -0.462 e. The van der Waals surface area contributed by atoms with Crippen molar-refractivity contribution < 1.29 is 18.7 Å². The van der Waals surface area contributed by atoms with Crippen LogP contribution in [0.25, 0.3) is 0 Å². The van der Waals surface area contributed by atoms with Gasteiger partial charge in [0.05, 0.1) is 6.61 Å². The minimum atomic E-state index is -0.648. The van der Waals surface area contributed by atoms with E-state index in [0.717, 1.165) is 0 Å². The molecule has 0 aromatic heterocycles. The summed E-state index contributed by atoms with van der Waals surface area (Å²) in [6, 6.07) is 5.08. The number of rotatable bonds is 5. The van der Waals surface area contributed by atoms with Crippen LogP contribution in [-0.2, 0) is 9.53 Å². The van der Waals surface area contributed by atoms with E-state index >= 15 is 0 Å². The molecule has 102 valence electrons. The molecule has 0 bridgehead atoms. The maximum Gasteiger partial charge on any atom is 0.341 e. The first-order valence-electron chi connectivity index (χ1n) is 6.15. The molecule has 0 atom stereocenters. The molecule has 0 radical (unpaired) electrons. The molecule has 1 aromatic rings. The maximum atomic E-state index is 12.8. The van der Waals surface area contributed by atoms with Gasteiger partial charge in [-0.15, -0.1) is 0 Å². The highest BCUT2D eigenvalue weighted by Gasteiger charge is 2.21. The predicted octanol–water partition coefficient (Wildman–Crippen LogP) is 3.15. The summed E-state index contributed by atoms with van der Waals surface area (Å²) in [5.74, 6) is -1.50. The summed E-state index contributed by atoms with van der Waals surface area (Å²) in [6.07, 6.45) is 1.56. The Morgan fingerprint density at radius 1 is 1.26 bits per heavy atom. The van der Waals surface area contributed by atoms with E-state index in [9.17, 15) is 14.0 Å². The molecule has 0 aliphatic rings. The van der Waals surface area contributed by atoms with Crippen molar-refractivity contribution in [3.63, 3.8) is 0 Å². The third-order valence-electron chi connectivity index (χ3n) is 2.35. The van der Waals surface area contributed by atoms with Crippen LogP contribution >= 0.6 is 0 Å². The first kappa shape index (κ1) is 15.1. The van der Waals surface area contributed by atoms with Gasteiger partial charge >= 0.3 is 5.97 Å². The lowest BCUT2D eigenvalue weighted by Crippen LogP contribution is -2.17. The third kappa shape index (κ3) is 4.32. The fraction of sp³-hybridized carbons (Fsp3) is 0.333. The molecule has 1 aromatic carbocycles. The van der Waals surface area contributed by atoms with Gasteiger partial charge in [-0.3, -0.25) is 4.79 Å². The summed E-state index contributed by atoms with van der Waals surface area (Å²) >= 11 is 0. The van der Waals surface area contributed by atoms with Gasteiger partial charge in [0.15, 0.2) is 5.78 Å². The molecule has 0 aliphatic carbocycles. The number of benzene rings is 1. The van der Waals surface area contributed by atoms with Crippen LogP contribution in [0.5, 0.6) is 0 Å². The van der Waals surface area contributed by atoms with Crippen molar-refractivity contribution >= 4 is 11.8 Å². The van der Waals surface area contributed by atoms with Gasteiger partial charge in [0.2, 0.25) is 0 Å². The zero-order chi connectivity index (χ0) is 14.4. The SMILES string of the molecule is CCOC(=O)C(=CC(C)C)C(=O)c1ccc(F)cc1. The van der Waals surface area contributed by atoms with E-state index in [1.54, 1.807) is 13.0 Å². The normalized spacial score (nSPS) is 11.5. The van der Waals surface area contributed by atoms with Crippen LogP contribution in [0.2, 0.25) is 0 Å². The number of Topliss-reactive ketones (excluding diaryl/α,β-unsaturated/α-hetero) is 1. The number of hydrogen-bond acceptors (Lipinski definition) is 3. The van der Waals surface area contributed by atoms with Gasteiger partial charge in [0.1, 0.15) is 11.4 Å². The van der Waals surface area contributed by atoms with Crippen LogP contribution in [-0.4, -0.2) is 18.4 Å². The lowest BCUT2D eigenvalue weighted by atomic mass is 10.00. The van der Waals surface area contributed by atoms with Crippen molar-refractivity contribution in [3.8, 4) is 0 Å². The number of carbonyl (C=O) groups is 2. The average molecular weight is 264 g/mol. The molecule has 0 aliphatic heterocycles. The quantitative estimate of drug-likeness (QED) is 0.270. The highest BCUT2D eigenvalue weighted by Crippen LogP contribution is 2.13. The van der Waals surface area contributed by atoms with Crippen molar-refractivity contribution in [1.29, 1.82) is 0 Å². The number of esters is 1. The van der Waals surface area contributed by atoms with Crippen LogP contribution in [0.3, 0.4) is 0 Å². The van der Waals surface area contributed by atoms with Crippen molar-refractivity contribution in [2.24, 2.45) is 5.92 Å². The van der Waals surface area contributed by atoms with Crippen LogP contribution in [0.4, 0.5) is 4.39 Å². The standard InChI is InChI=1S/C15H17FO3/c1-4-19-15(18)13(9-10(2)3)14(17)11-5-7-12(16)8-6-11/h5-10H,4H2,1-3H3. The number of hydrogen-bond donors (Lipinski definition) is 0. The number of allylic oxidation sites excluding steroid dienone is 1. The van der Waals surface area contributed by atoms with Crippen LogP contribution in [0.1, 0.15) is 31.1 Å². The predicted molar refractivity (Wildman–Crippen MR) is 70.3 cm³/mol. The topological polar surface area (TPSA) is 43.4 Å². The Morgan fingerprint density at radius 2 is 1.84 bits per heavy atom. The maximum absolute atomic E-state index is 12.8. The fourth-order valence-corrected chi connectivity index (χ4v) is 1.54. The molecule has 0 fully saturated rings. The summed E-state index contributed by atoms with van der Waals surface area (Å²) in [5.41, 5.74) is 0.254. The second-order valence-corrected chi connectivity index (χ2v) is 4.38. The first-order chi connectivity index (χ1) is 8.95. The Kier molecular flexibility index (Phi) is 5.42. The number of ketones is 1. The molecule has 19 heavy (non-hydrogen) atoms. The van der Waals surface area contributed by atoms with Gasteiger partial charge < -0.3 is 4.74 Å². The molecule has 0 spiro atoms. The summed E-state index contributed by atoms with van der Waals surface area (Å²) in [7, 11) is 0. The monoisotopic (exact) mass is 264 g/mol. The van der Waals surface area contributed by atoms with E-state index in [1.807, 2.05) is 13.8 Å². The Morgan fingerprint density at radius 3 is 2.32 bits per heavy atom. The molecular weight excluding hydrogens is 247 g/mol. The van der Waals surface area contributed by atoms with Gasteiger partial charge in [-0.05, 0) is 37.1 Å². The molecule has 0 amide bonds. The summed E-state index contributed by atoms with van der Waals surface area (Å²) in [6.45, 7) is 5.59. The average Bonchev–Trinajstić information content (AvgIpc) is 2.36. The summed E-state index contributed by atoms with van der Waals surface area (Å²) < 4.78 is 17.7. The van der Waals surface area contributed by atoms with Crippen molar-refractivity contribution in [1.82, 2.24) is 0 Å². The van der Waals surface area contributed by atoms with Crippen molar-refractivity contribution in [2.75, 3.05) is 6.61 Å². The molecule has 1 rings (SSSR count). The Labute approximate surface area is 112 Å². The van der Waals surface area contributed by atoms with Crippen molar-refractivity contribution in [2.45, 2.75) is 20.8 Å². The minimum absolute atomic E-state index is 0.0107. The van der Waals surface area contributed by atoms with Crippen LogP contribution < -0.4 is 0 Å². The van der Waals surface area contributed by atoms with E-state index in [2.05, 4.69) is 0 Å². The number of carbonyl (C=O) groups excluding carboxylic acids is 2. The fourth-order valence-electron chi connectivity index (χ4n) is 1.54. The highest BCUT2D eigenvalue weighted by molar-refractivity contribution is 6.24. The van der Waals surface area contributed by atoms with Gasteiger partial charge in [-0.1, -0.05) is 19.9 Å². The third-order valence-corrected chi connectivity index (χ3v) is 2.35. The summed E-state index contributed by atoms with van der Waals surface area (Å²) in [5, 5.41) is 0. The second-order valence-electron chi connectivity index (χ2n) is 4.38. The molecular formula is C15H17FO3. The highest BCUT2D eigenvalue weighted by atomic mass is 19.1. The van der Waals surface area contributed by atoms with Gasteiger partial charge in [0.25, 0.3) is 0 Å². The smallest absolute Gasteiger partial charge is 0.341 e. The Balaban J connectivity index is 3.08. The van der Waals surface area contributed by atoms with Gasteiger partial charge in [-0.25, -0.2) is 9.18 Å². The zero-order valence-corrected chi connectivity index (χ0v) is 11.3.